The van der Waals surface area contributed by atoms with E-state index in [0.29, 0.717) is 42.2 Å². The number of allylic oxidation sites excluding steroid dienone is 1. The van der Waals surface area contributed by atoms with Gasteiger partial charge in [-0.3, -0.25) is 9.59 Å². The summed E-state index contributed by atoms with van der Waals surface area (Å²) in [5.74, 6) is 0.692. The number of hydrogen-bond donors (Lipinski definition) is 1. The molecule has 1 aliphatic carbocycles. The maximum Gasteiger partial charge on any atom is 0.259 e. The molecule has 1 atom stereocenters. The van der Waals surface area contributed by atoms with E-state index in [1.54, 1.807) is 6.92 Å². The van der Waals surface area contributed by atoms with Crippen molar-refractivity contribution in [1.29, 1.82) is 0 Å². The zero-order valence-electron chi connectivity index (χ0n) is 15.7. The minimum Gasteiger partial charge on any atom is -0.396 e. The van der Waals surface area contributed by atoms with Gasteiger partial charge in [-0.1, -0.05) is 32.9 Å². The molecule has 25 heavy (non-hydrogen) atoms. The van der Waals surface area contributed by atoms with Crippen molar-refractivity contribution in [1.82, 2.24) is 10.1 Å². The largest absolute Gasteiger partial charge is 0.396 e. The second-order valence-corrected chi connectivity index (χ2v) is 8.49. The van der Waals surface area contributed by atoms with Crippen molar-refractivity contribution in [2.24, 2.45) is 16.6 Å². The van der Waals surface area contributed by atoms with Gasteiger partial charge in [0.1, 0.15) is 5.56 Å². The van der Waals surface area contributed by atoms with Gasteiger partial charge in [0.2, 0.25) is 0 Å². The third kappa shape index (κ3) is 2.87. The van der Waals surface area contributed by atoms with E-state index in [-0.39, 0.29) is 23.0 Å². The molecule has 1 amide bonds. The van der Waals surface area contributed by atoms with Gasteiger partial charge in [0.15, 0.2) is 11.5 Å². The van der Waals surface area contributed by atoms with Crippen LogP contribution in [0.15, 0.2) is 16.3 Å². The third-order valence-electron chi connectivity index (χ3n) is 5.43. The van der Waals surface area contributed by atoms with Crippen LogP contribution >= 0.6 is 0 Å². The topological polar surface area (TPSA) is 89.4 Å². The maximum atomic E-state index is 13.1. The third-order valence-corrected chi connectivity index (χ3v) is 5.43. The van der Waals surface area contributed by atoms with E-state index in [9.17, 15) is 9.59 Å². The molecule has 6 heteroatoms. The van der Waals surface area contributed by atoms with Gasteiger partial charge in [-0.25, -0.2) is 0 Å². The SMILES string of the molecule is Cc1noc(C(C)C)c1C(=O)N1CC[C@]2(C=C(N)C(=O)C(C)(C)C2)C1. The highest BCUT2D eigenvalue weighted by molar-refractivity contribution is 6.00. The predicted octanol–water partition coefficient (Wildman–Crippen LogP) is 2.78. The van der Waals surface area contributed by atoms with E-state index in [1.807, 2.05) is 38.7 Å². The Morgan fingerprint density at radius 1 is 1.40 bits per heavy atom. The molecule has 0 radical (unpaired) electrons. The molecule has 1 fully saturated rings. The fourth-order valence-electron chi connectivity index (χ4n) is 4.33. The van der Waals surface area contributed by atoms with Gasteiger partial charge in [0.25, 0.3) is 5.91 Å². The molecule has 1 saturated heterocycles. The average molecular weight is 345 g/mol. The van der Waals surface area contributed by atoms with Crippen molar-refractivity contribution < 1.29 is 14.1 Å². The second-order valence-electron chi connectivity index (χ2n) is 8.49. The zero-order chi connectivity index (χ0) is 18.6. The highest BCUT2D eigenvalue weighted by Gasteiger charge is 2.48. The Hall–Kier alpha value is -2.11. The summed E-state index contributed by atoms with van der Waals surface area (Å²) in [6.45, 7) is 10.9. The van der Waals surface area contributed by atoms with Gasteiger partial charge in [-0.2, -0.15) is 0 Å². The first-order chi connectivity index (χ1) is 11.6. The number of rotatable bonds is 2. The van der Waals surface area contributed by atoms with E-state index in [4.69, 9.17) is 10.3 Å². The molecule has 2 aliphatic rings. The first-order valence-corrected chi connectivity index (χ1v) is 8.85. The zero-order valence-corrected chi connectivity index (χ0v) is 15.7. The molecule has 3 rings (SSSR count). The smallest absolute Gasteiger partial charge is 0.259 e. The average Bonchev–Trinajstić information content (AvgIpc) is 3.08. The number of amides is 1. The lowest BCUT2D eigenvalue weighted by molar-refractivity contribution is -0.125. The van der Waals surface area contributed by atoms with Gasteiger partial charge in [-0.15, -0.1) is 0 Å². The van der Waals surface area contributed by atoms with Crippen molar-refractivity contribution in [3.05, 3.63) is 28.8 Å². The van der Waals surface area contributed by atoms with Crippen molar-refractivity contribution >= 4 is 11.7 Å². The van der Waals surface area contributed by atoms with Crippen molar-refractivity contribution in [3.8, 4) is 0 Å². The van der Waals surface area contributed by atoms with Crippen LogP contribution in [0.1, 0.15) is 68.3 Å². The van der Waals surface area contributed by atoms with E-state index in [0.717, 1.165) is 6.42 Å². The predicted molar refractivity (Wildman–Crippen MR) is 94.0 cm³/mol. The summed E-state index contributed by atoms with van der Waals surface area (Å²) in [5, 5.41) is 3.98. The van der Waals surface area contributed by atoms with E-state index >= 15 is 0 Å². The molecule has 0 unspecified atom stereocenters. The Morgan fingerprint density at radius 2 is 2.08 bits per heavy atom. The monoisotopic (exact) mass is 345 g/mol. The van der Waals surface area contributed by atoms with Crippen LogP contribution in [0.5, 0.6) is 0 Å². The van der Waals surface area contributed by atoms with Crippen LogP contribution in [0.25, 0.3) is 0 Å². The van der Waals surface area contributed by atoms with Crippen LogP contribution in [0.2, 0.25) is 0 Å². The molecule has 0 aromatic carbocycles. The number of ketones is 1. The van der Waals surface area contributed by atoms with E-state index in [2.05, 4.69) is 5.16 Å². The summed E-state index contributed by atoms with van der Waals surface area (Å²) < 4.78 is 5.36. The lowest BCUT2D eigenvalue weighted by Gasteiger charge is -2.39. The van der Waals surface area contributed by atoms with E-state index < -0.39 is 5.41 Å². The van der Waals surface area contributed by atoms with Crippen LogP contribution in [0, 0.1) is 17.8 Å². The summed E-state index contributed by atoms with van der Waals surface area (Å²) in [5.41, 5.74) is 6.82. The first kappa shape index (κ1) is 17.7. The molecule has 1 aliphatic heterocycles. The molecule has 1 aromatic rings. The fraction of sp³-hybridized carbons (Fsp3) is 0.632. The molecule has 6 nitrogen and oxygen atoms in total. The fourth-order valence-corrected chi connectivity index (χ4v) is 4.33. The highest BCUT2D eigenvalue weighted by atomic mass is 16.5. The number of nitrogens with zero attached hydrogens (tertiary/aromatic N) is 2. The van der Waals surface area contributed by atoms with Gasteiger partial charge in [-0.05, 0) is 25.8 Å². The molecular weight excluding hydrogens is 318 g/mol. The lowest BCUT2D eigenvalue weighted by Crippen LogP contribution is -2.42. The van der Waals surface area contributed by atoms with Crippen LogP contribution in [0.3, 0.4) is 0 Å². The first-order valence-electron chi connectivity index (χ1n) is 8.85. The summed E-state index contributed by atoms with van der Waals surface area (Å²) in [6.07, 6.45) is 3.41. The molecule has 1 aromatic heterocycles. The number of carbonyl (C=O) groups is 2. The van der Waals surface area contributed by atoms with Crippen molar-refractivity contribution in [2.75, 3.05) is 13.1 Å². The minimum absolute atomic E-state index is 0.000116. The second kappa shape index (κ2) is 5.71. The Bertz CT molecular complexity index is 760. The molecule has 2 N–H and O–H groups in total. The molecule has 136 valence electrons. The Kier molecular flexibility index (Phi) is 4.05. The Balaban J connectivity index is 1.88. The van der Waals surface area contributed by atoms with Gasteiger partial charge in [0.05, 0.1) is 11.4 Å². The molecule has 0 bridgehead atoms. The normalized spacial score (nSPS) is 25.8. The summed E-state index contributed by atoms with van der Waals surface area (Å²) >= 11 is 0. The van der Waals surface area contributed by atoms with Gasteiger partial charge in [0, 0.05) is 29.8 Å². The van der Waals surface area contributed by atoms with Crippen molar-refractivity contribution in [2.45, 2.75) is 53.4 Å². The Morgan fingerprint density at radius 3 is 2.68 bits per heavy atom. The van der Waals surface area contributed by atoms with Crippen LogP contribution in [-0.2, 0) is 4.79 Å². The number of nitrogens with two attached hydrogens (primary N) is 1. The number of Topliss-reactive ketones (excluding diaryl/α,β-unsaturated/α-hetero) is 1. The Labute approximate surface area is 148 Å². The number of aromatic nitrogens is 1. The van der Waals surface area contributed by atoms with E-state index in [1.165, 1.54) is 0 Å². The summed E-state index contributed by atoms with van der Waals surface area (Å²) in [6, 6.07) is 0. The molecule has 1 spiro atoms. The number of aryl methyl sites for hydroxylation is 1. The highest BCUT2D eigenvalue weighted by Crippen LogP contribution is 2.47. The summed E-state index contributed by atoms with van der Waals surface area (Å²) in [7, 11) is 0. The van der Waals surface area contributed by atoms with Gasteiger partial charge < -0.3 is 15.2 Å². The van der Waals surface area contributed by atoms with Gasteiger partial charge >= 0.3 is 0 Å². The minimum atomic E-state index is -0.492. The van der Waals surface area contributed by atoms with Crippen LogP contribution in [-0.4, -0.2) is 34.8 Å². The van der Waals surface area contributed by atoms with Crippen LogP contribution in [0.4, 0.5) is 0 Å². The lowest BCUT2D eigenvalue weighted by atomic mass is 9.65. The molecular formula is C19H27N3O3. The maximum absolute atomic E-state index is 13.1. The summed E-state index contributed by atoms with van der Waals surface area (Å²) in [4.78, 5) is 27.2. The molecule has 2 heterocycles. The number of hydrogen-bond acceptors (Lipinski definition) is 5. The molecule has 0 saturated carbocycles. The quantitative estimate of drug-likeness (QED) is 0.890. The number of likely N-dealkylation sites (tertiary alicyclic amines) is 1. The number of carbonyl (C=O) groups excluding carboxylic acids is 2. The standard InChI is InChI=1S/C19H27N3O3/c1-11(2)15-14(12(3)21-25-15)17(24)22-7-6-19(10-22)8-13(20)16(23)18(4,5)9-19/h8,11H,6-7,9-10,20H2,1-5H3/t19-/m1/s1. The van der Waals surface area contributed by atoms with Crippen LogP contribution < -0.4 is 5.73 Å². The van der Waals surface area contributed by atoms with Crippen molar-refractivity contribution in [3.63, 3.8) is 0 Å².